The average Bonchev–Trinajstić information content (AvgIpc) is 2.63. The van der Waals surface area contributed by atoms with Gasteiger partial charge in [0.15, 0.2) is 0 Å². The SMILES string of the molecule is CC(C)(C)c1cc(/C=C2\Sc3ccccc3N(CP(=O)(O)O)C2=O)cc(C(C)(C)C)c1O. The van der Waals surface area contributed by atoms with Gasteiger partial charge in [0.2, 0.25) is 0 Å². The Labute approximate surface area is 193 Å². The van der Waals surface area contributed by atoms with Crippen molar-refractivity contribution in [3.8, 4) is 5.75 Å². The van der Waals surface area contributed by atoms with Crippen molar-refractivity contribution in [2.45, 2.75) is 57.3 Å². The predicted molar refractivity (Wildman–Crippen MR) is 130 cm³/mol. The first-order valence-corrected chi connectivity index (χ1v) is 12.9. The molecule has 2 aromatic carbocycles. The number of phenols is 1. The van der Waals surface area contributed by atoms with Gasteiger partial charge in [0.1, 0.15) is 12.0 Å². The Morgan fingerprint density at radius 3 is 2.03 bits per heavy atom. The van der Waals surface area contributed by atoms with Crippen molar-refractivity contribution in [1.82, 2.24) is 0 Å². The van der Waals surface area contributed by atoms with Crippen LogP contribution in [0, 0.1) is 0 Å². The fourth-order valence-corrected chi connectivity index (χ4v) is 5.33. The van der Waals surface area contributed by atoms with Crippen LogP contribution in [0.25, 0.3) is 6.08 Å². The Bertz CT molecular complexity index is 1100. The zero-order valence-corrected chi connectivity index (χ0v) is 20.9. The number of fused-ring (bicyclic) bond motifs is 1. The third kappa shape index (κ3) is 5.29. The molecule has 6 nitrogen and oxygen atoms in total. The molecule has 0 fully saturated rings. The van der Waals surface area contributed by atoms with Crippen LogP contribution >= 0.6 is 19.4 Å². The molecule has 0 bridgehead atoms. The van der Waals surface area contributed by atoms with Gasteiger partial charge in [0.05, 0.1) is 10.6 Å². The number of carbonyl (C=O) groups excluding carboxylic acids is 1. The van der Waals surface area contributed by atoms with Crippen molar-refractivity contribution < 1.29 is 24.3 Å². The largest absolute Gasteiger partial charge is 0.507 e. The van der Waals surface area contributed by atoms with E-state index < -0.39 is 19.8 Å². The molecule has 0 atom stereocenters. The summed E-state index contributed by atoms with van der Waals surface area (Å²) >= 11 is 1.28. The third-order valence-electron chi connectivity index (χ3n) is 5.20. The fourth-order valence-electron chi connectivity index (χ4n) is 3.62. The Morgan fingerprint density at radius 2 is 1.53 bits per heavy atom. The molecule has 1 aliphatic heterocycles. The highest BCUT2D eigenvalue weighted by Gasteiger charge is 2.34. The number of anilines is 1. The lowest BCUT2D eigenvalue weighted by Gasteiger charge is -2.31. The number of aromatic hydroxyl groups is 1. The van der Waals surface area contributed by atoms with E-state index in [-0.39, 0.29) is 16.6 Å². The molecule has 3 N–H and O–H groups in total. The summed E-state index contributed by atoms with van der Waals surface area (Å²) in [7, 11) is -4.47. The van der Waals surface area contributed by atoms with Crippen LogP contribution in [0.5, 0.6) is 5.75 Å². The van der Waals surface area contributed by atoms with Crippen molar-refractivity contribution in [2.75, 3.05) is 11.2 Å². The molecule has 0 saturated carbocycles. The summed E-state index contributed by atoms with van der Waals surface area (Å²) in [5, 5.41) is 11.0. The summed E-state index contributed by atoms with van der Waals surface area (Å²) in [4.78, 5) is 34.6. The quantitative estimate of drug-likeness (QED) is 0.395. The Balaban J connectivity index is 2.17. The van der Waals surface area contributed by atoms with Crippen LogP contribution in [-0.2, 0) is 20.2 Å². The maximum absolute atomic E-state index is 13.2. The molecule has 1 heterocycles. The zero-order valence-electron chi connectivity index (χ0n) is 19.2. The van der Waals surface area contributed by atoms with Gasteiger partial charge in [-0.3, -0.25) is 14.3 Å². The average molecular weight is 476 g/mol. The normalized spacial score (nSPS) is 16.4. The molecular formula is C24H30NO5PS. The Kier molecular flexibility index (Phi) is 6.44. The van der Waals surface area contributed by atoms with Crippen molar-refractivity contribution >= 4 is 37.0 Å². The highest BCUT2D eigenvalue weighted by Crippen LogP contribution is 2.47. The molecule has 8 heteroatoms. The lowest BCUT2D eigenvalue weighted by atomic mass is 9.78. The molecule has 0 saturated heterocycles. The molecule has 1 aliphatic rings. The van der Waals surface area contributed by atoms with E-state index in [1.165, 1.54) is 11.8 Å². The van der Waals surface area contributed by atoms with Gasteiger partial charge in [-0.1, -0.05) is 65.4 Å². The van der Waals surface area contributed by atoms with Crippen LogP contribution in [0.15, 0.2) is 46.2 Å². The molecule has 0 aromatic heterocycles. The standard InChI is InChI=1S/C24H30NO5PS/c1-23(2,3)16-11-15(12-17(21(16)26)24(4,5)6)13-20-22(27)25(14-31(28,29)30)18-9-7-8-10-19(18)32-20/h7-13,26H,14H2,1-6H3,(H2,28,29,30)/b20-13-. The minimum absolute atomic E-state index is 0.253. The summed E-state index contributed by atoms with van der Waals surface area (Å²) in [6.45, 7) is 12.1. The summed E-state index contributed by atoms with van der Waals surface area (Å²) in [5.74, 6) is -0.206. The van der Waals surface area contributed by atoms with Crippen molar-refractivity contribution in [2.24, 2.45) is 0 Å². The Morgan fingerprint density at radius 1 is 1.00 bits per heavy atom. The van der Waals surface area contributed by atoms with E-state index in [1.54, 1.807) is 18.2 Å². The second-order valence-electron chi connectivity index (χ2n) is 10.1. The second kappa shape index (κ2) is 8.38. The number of thioether (sulfide) groups is 1. The third-order valence-corrected chi connectivity index (χ3v) is 6.93. The van der Waals surface area contributed by atoms with Crippen LogP contribution in [-0.4, -0.2) is 27.1 Å². The number of carbonyl (C=O) groups is 1. The number of amides is 1. The number of para-hydroxylation sites is 1. The maximum atomic E-state index is 13.2. The molecule has 0 aliphatic carbocycles. The van der Waals surface area contributed by atoms with Crippen LogP contribution < -0.4 is 4.90 Å². The highest BCUT2D eigenvalue weighted by molar-refractivity contribution is 8.04. The van der Waals surface area contributed by atoms with Gasteiger partial charge >= 0.3 is 7.60 Å². The van der Waals surface area contributed by atoms with Gasteiger partial charge in [-0.05, 0) is 46.7 Å². The number of hydrogen-bond donors (Lipinski definition) is 3. The molecule has 32 heavy (non-hydrogen) atoms. The fraction of sp³-hybridized carbons (Fsp3) is 0.375. The van der Waals surface area contributed by atoms with E-state index in [9.17, 15) is 24.3 Å². The molecule has 0 unspecified atom stereocenters. The molecule has 1 amide bonds. The first kappa shape index (κ1) is 24.6. The van der Waals surface area contributed by atoms with E-state index in [2.05, 4.69) is 0 Å². The first-order chi connectivity index (χ1) is 14.6. The van der Waals surface area contributed by atoms with Crippen molar-refractivity contribution in [3.05, 3.63) is 58.0 Å². The van der Waals surface area contributed by atoms with Crippen LogP contribution in [0.3, 0.4) is 0 Å². The zero-order chi connectivity index (χ0) is 24.1. The number of benzene rings is 2. The van der Waals surface area contributed by atoms with Crippen LogP contribution in [0.4, 0.5) is 5.69 Å². The van der Waals surface area contributed by atoms with E-state index >= 15 is 0 Å². The van der Waals surface area contributed by atoms with Gasteiger partial charge in [-0.25, -0.2) is 0 Å². The summed E-state index contributed by atoms with van der Waals surface area (Å²) < 4.78 is 11.7. The smallest absolute Gasteiger partial charge is 0.345 e. The number of hydrogen-bond acceptors (Lipinski definition) is 4. The van der Waals surface area contributed by atoms with Crippen molar-refractivity contribution in [3.63, 3.8) is 0 Å². The second-order valence-corrected chi connectivity index (χ2v) is 12.8. The summed E-state index contributed by atoms with van der Waals surface area (Å²) in [6, 6.07) is 10.8. The number of rotatable bonds is 3. The molecule has 0 spiro atoms. The first-order valence-electron chi connectivity index (χ1n) is 10.3. The van der Waals surface area contributed by atoms with E-state index in [0.29, 0.717) is 10.6 Å². The molecular weight excluding hydrogens is 445 g/mol. The minimum atomic E-state index is -4.47. The Hall–Kier alpha value is -2.05. The lowest BCUT2D eigenvalue weighted by molar-refractivity contribution is -0.114. The lowest BCUT2D eigenvalue weighted by Crippen LogP contribution is -2.35. The van der Waals surface area contributed by atoms with E-state index in [0.717, 1.165) is 26.5 Å². The monoisotopic (exact) mass is 475 g/mol. The minimum Gasteiger partial charge on any atom is -0.507 e. The summed E-state index contributed by atoms with van der Waals surface area (Å²) in [6.07, 6.45) is 1.05. The van der Waals surface area contributed by atoms with Gasteiger partial charge in [-0.2, -0.15) is 0 Å². The predicted octanol–water partition coefficient (Wildman–Crippen LogP) is 5.60. The van der Waals surface area contributed by atoms with Gasteiger partial charge in [0.25, 0.3) is 5.91 Å². The van der Waals surface area contributed by atoms with E-state index in [1.807, 2.05) is 65.8 Å². The van der Waals surface area contributed by atoms with E-state index in [4.69, 9.17) is 0 Å². The van der Waals surface area contributed by atoms with Gasteiger partial charge in [0, 0.05) is 16.0 Å². The van der Waals surface area contributed by atoms with Crippen LogP contribution in [0.1, 0.15) is 58.2 Å². The molecule has 0 radical (unpaired) electrons. The number of nitrogens with zero attached hydrogens (tertiary/aromatic N) is 1. The summed E-state index contributed by atoms with van der Waals surface area (Å²) in [5.41, 5.74) is 2.15. The molecule has 3 rings (SSSR count). The van der Waals surface area contributed by atoms with Gasteiger partial charge in [-0.15, -0.1) is 0 Å². The molecule has 172 valence electrons. The van der Waals surface area contributed by atoms with Crippen LogP contribution in [0.2, 0.25) is 0 Å². The van der Waals surface area contributed by atoms with Crippen molar-refractivity contribution in [1.29, 1.82) is 0 Å². The van der Waals surface area contributed by atoms with Gasteiger partial charge < -0.3 is 14.9 Å². The number of phenolic OH excluding ortho intramolecular Hbond substituents is 1. The highest BCUT2D eigenvalue weighted by atomic mass is 32.2. The topological polar surface area (TPSA) is 98.1 Å². The maximum Gasteiger partial charge on any atom is 0.345 e. The molecule has 2 aromatic rings.